The average molecular weight is 280 g/mol. The summed E-state index contributed by atoms with van der Waals surface area (Å²) in [6.07, 6.45) is 2.45. The van der Waals surface area contributed by atoms with Crippen LogP contribution in [0.2, 0.25) is 0 Å². The first-order valence-corrected chi connectivity index (χ1v) is 8.45. The van der Waals surface area contributed by atoms with Crippen molar-refractivity contribution in [3.05, 3.63) is 21.9 Å². The highest BCUT2D eigenvalue weighted by molar-refractivity contribution is 7.11. The van der Waals surface area contributed by atoms with Crippen molar-refractivity contribution in [2.75, 3.05) is 13.1 Å². The molecular weight excluding hydrogens is 252 g/mol. The molecule has 0 radical (unpaired) electrons. The fourth-order valence-electron chi connectivity index (χ4n) is 2.84. The maximum atomic E-state index is 3.69. The molecule has 0 bridgehead atoms. The zero-order valence-electron chi connectivity index (χ0n) is 12.8. The van der Waals surface area contributed by atoms with Crippen LogP contribution < -0.4 is 5.32 Å². The van der Waals surface area contributed by atoms with Gasteiger partial charge >= 0.3 is 0 Å². The van der Waals surface area contributed by atoms with Gasteiger partial charge in [0.1, 0.15) is 0 Å². The van der Waals surface area contributed by atoms with Gasteiger partial charge < -0.3 is 5.32 Å². The van der Waals surface area contributed by atoms with Gasteiger partial charge in [-0.2, -0.15) is 0 Å². The van der Waals surface area contributed by atoms with Crippen LogP contribution in [0, 0.1) is 5.92 Å². The molecule has 2 nitrogen and oxygen atoms in total. The molecule has 0 saturated carbocycles. The predicted octanol–water partition coefficient (Wildman–Crippen LogP) is 3.52. The molecule has 19 heavy (non-hydrogen) atoms. The third-order valence-corrected chi connectivity index (χ3v) is 5.18. The lowest BCUT2D eigenvalue weighted by atomic mass is 10.00. The van der Waals surface area contributed by atoms with E-state index in [4.69, 9.17) is 0 Å². The predicted molar refractivity (Wildman–Crippen MR) is 84.8 cm³/mol. The highest BCUT2D eigenvalue weighted by Gasteiger charge is 2.25. The number of nitrogens with zero attached hydrogens (tertiary/aromatic N) is 1. The SMILES string of the molecule is CCc1ccc(CN2CC(CC(C)C)NCC2C)s1. The minimum absolute atomic E-state index is 0.649. The lowest BCUT2D eigenvalue weighted by Crippen LogP contribution is -2.55. The molecule has 2 unspecified atom stereocenters. The Hall–Kier alpha value is -0.380. The highest BCUT2D eigenvalue weighted by atomic mass is 32.1. The molecule has 3 heteroatoms. The summed E-state index contributed by atoms with van der Waals surface area (Å²) < 4.78 is 0. The maximum Gasteiger partial charge on any atom is 0.0332 e. The number of hydrogen-bond acceptors (Lipinski definition) is 3. The first-order chi connectivity index (χ1) is 9.08. The van der Waals surface area contributed by atoms with E-state index in [-0.39, 0.29) is 0 Å². The lowest BCUT2D eigenvalue weighted by Gasteiger charge is -2.39. The second-order valence-electron chi connectivity index (χ2n) is 6.23. The molecule has 1 saturated heterocycles. The molecule has 1 aromatic rings. The molecule has 1 aliphatic heterocycles. The first-order valence-electron chi connectivity index (χ1n) is 7.63. The Morgan fingerprint density at radius 3 is 2.74 bits per heavy atom. The normalized spacial score (nSPS) is 25.1. The molecular formula is C16H28N2S. The summed E-state index contributed by atoms with van der Waals surface area (Å²) in [5.74, 6) is 0.779. The van der Waals surface area contributed by atoms with Crippen LogP contribution >= 0.6 is 11.3 Å². The second kappa shape index (κ2) is 6.87. The van der Waals surface area contributed by atoms with E-state index >= 15 is 0 Å². The van der Waals surface area contributed by atoms with Gasteiger partial charge in [0.2, 0.25) is 0 Å². The van der Waals surface area contributed by atoms with Gasteiger partial charge in [-0.3, -0.25) is 4.90 Å². The molecule has 2 rings (SSSR count). The van der Waals surface area contributed by atoms with E-state index < -0.39 is 0 Å². The Kier molecular flexibility index (Phi) is 5.43. The largest absolute Gasteiger partial charge is 0.311 e. The lowest BCUT2D eigenvalue weighted by molar-refractivity contribution is 0.126. The van der Waals surface area contributed by atoms with Gasteiger partial charge in [0, 0.05) is 41.5 Å². The fourth-order valence-corrected chi connectivity index (χ4v) is 3.82. The van der Waals surface area contributed by atoms with Crippen LogP contribution in [0.4, 0.5) is 0 Å². The average Bonchev–Trinajstić information content (AvgIpc) is 2.80. The Bertz CT molecular complexity index is 386. The maximum absolute atomic E-state index is 3.69. The summed E-state index contributed by atoms with van der Waals surface area (Å²) in [5.41, 5.74) is 0. The quantitative estimate of drug-likeness (QED) is 0.888. The van der Waals surface area contributed by atoms with Crippen molar-refractivity contribution in [1.82, 2.24) is 10.2 Å². The Morgan fingerprint density at radius 1 is 1.37 bits per heavy atom. The molecule has 0 amide bonds. The van der Waals surface area contributed by atoms with Gasteiger partial charge in [0.15, 0.2) is 0 Å². The summed E-state index contributed by atoms with van der Waals surface area (Å²) in [4.78, 5) is 5.68. The molecule has 1 N–H and O–H groups in total. The van der Waals surface area contributed by atoms with Crippen molar-refractivity contribution in [3.63, 3.8) is 0 Å². The van der Waals surface area contributed by atoms with Crippen LogP contribution in [-0.2, 0) is 13.0 Å². The van der Waals surface area contributed by atoms with Crippen molar-refractivity contribution in [1.29, 1.82) is 0 Å². The van der Waals surface area contributed by atoms with E-state index in [2.05, 4.69) is 50.0 Å². The van der Waals surface area contributed by atoms with Crippen LogP contribution in [0.1, 0.15) is 43.9 Å². The number of nitrogens with one attached hydrogen (secondary N) is 1. The Morgan fingerprint density at radius 2 is 2.11 bits per heavy atom. The smallest absolute Gasteiger partial charge is 0.0332 e. The molecule has 1 fully saturated rings. The van der Waals surface area contributed by atoms with Gasteiger partial charge in [-0.1, -0.05) is 20.8 Å². The van der Waals surface area contributed by atoms with Crippen LogP contribution in [-0.4, -0.2) is 30.1 Å². The van der Waals surface area contributed by atoms with Crippen molar-refractivity contribution < 1.29 is 0 Å². The zero-order chi connectivity index (χ0) is 13.8. The number of aryl methyl sites for hydroxylation is 1. The molecule has 0 spiro atoms. The third kappa shape index (κ3) is 4.30. The minimum Gasteiger partial charge on any atom is -0.311 e. The van der Waals surface area contributed by atoms with Gasteiger partial charge in [-0.25, -0.2) is 0 Å². The summed E-state index contributed by atoms with van der Waals surface area (Å²) in [6.45, 7) is 12.7. The Balaban J connectivity index is 1.93. The summed E-state index contributed by atoms with van der Waals surface area (Å²) >= 11 is 1.98. The van der Waals surface area contributed by atoms with Gasteiger partial charge in [0.25, 0.3) is 0 Å². The van der Waals surface area contributed by atoms with Crippen molar-refractivity contribution in [2.45, 2.75) is 59.2 Å². The molecule has 0 aromatic carbocycles. The Labute approximate surface area is 122 Å². The molecule has 1 aromatic heterocycles. The van der Waals surface area contributed by atoms with Gasteiger partial charge in [0.05, 0.1) is 0 Å². The number of hydrogen-bond donors (Lipinski definition) is 1. The standard InChI is InChI=1S/C16H28N2S/c1-5-15-6-7-16(19-15)11-18-10-14(8-12(2)3)17-9-13(18)4/h6-7,12-14,17H,5,8-11H2,1-4H3. The van der Waals surface area contributed by atoms with Crippen molar-refractivity contribution in [3.8, 4) is 0 Å². The number of thiophene rings is 1. The van der Waals surface area contributed by atoms with E-state index in [1.165, 1.54) is 22.7 Å². The molecule has 2 atom stereocenters. The molecule has 0 aliphatic carbocycles. The molecule has 2 heterocycles. The molecule has 108 valence electrons. The summed E-state index contributed by atoms with van der Waals surface area (Å²) in [6, 6.07) is 5.92. The van der Waals surface area contributed by atoms with Crippen LogP contribution in [0.3, 0.4) is 0 Å². The summed E-state index contributed by atoms with van der Waals surface area (Å²) in [5, 5.41) is 3.69. The summed E-state index contributed by atoms with van der Waals surface area (Å²) in [7, 11) is 0. The van der Waals surface area contributed by atoms with E-state index in [1.54, 1.807) is 0 Å². The van der Waals surface area contributed by atoms with Crippen molar-refractivity contribution in [2.24, 2.45) is 5.92 Å². The van der Waals surface area contributed by atoms with Gasteiger partial charge in [-0.15, -0.1) is 11.3 Å². The van der Waals surface area contributed by atoms with E-state index in [0.717, 1.165) is 25.4 Å². The van der Waals surface area contributed by atoms with E-state index in [0.29, 0.717) is 12.1 Å². The topological polar surface area (TPSA) is 15.3 Å². The van der Waals surface area contributed by atoms with Crippen LogP contribution in [0.5, 0.6) is 0 Å². The highest BCUT2D eigenvalue weighted by Crippen LogP contribution is 2.21. The van der Waals surface area contributed by atoms with E-state index in [9.17, 15) is 0 Å². The zero-order valence-corrected chi connectivity index (χ0v) is 13.6. The minimum atomic E-state index is 0.649. The third-order valence-electron chi connectivity index (χ3n) is 3.96. The number of piperazine rings is 1. The molecule has 1 aliphatic rings. The van der Waals surface area contributed by atoms with Crippen LogP contribution in [0.25, 0.3) is 0 Å². The van der Waals surface area contributed by atoms with Crippen molar-refractivity contribution >= 4 is 11.3 Å². The van der Waals surface area contributed by atoms with Gasteiger partial charge in [-0.05, 0) is 37.8 Å². The fraction of sp³-hybridized carbons (Fsp3) is 0.750. The van der Waals surface area contributed by atoms with E-state index in [1.807, 2.05) is 11.3 Å². The monoisotopic (exact) mass is 280 g/mol. The first kappa shape index (κ1) is 15.0. The van der Waals surface area contributed by atoms with Crippen LogP contribution in [0.15, 0.2) is 12.1 Å². The second-order valence-corrected chi connectivity index (χ2v) is 7.49. The number of rotatable bonds is 5.